The van der Waals surface area contributed by atoms with Crippen molar-refractivity contribution in [3.8, 4) is 5.75 Å². The highest BCUT2D eigenvalue weighted by molar-refractivity contribution is 5.75. The van der Waals surface area contributed by atoms with Crippen LogP contribution in [0.5, 0.6) is 5.75 Å². The van der Waals surface area contributed by atoms with Crippen LogP contribution in [-0.4, -0.2) is 18.9 Å². The number of ether oxygens (including phenoxy) is 1. The largest absolute Gasteiger partial charge is 0.497 e. The molecule has 0 spiro atoms. The summed E-state index contributed by atoms with van der Waals surface area (Å²) in [7, 11) is 1.62. The SMILES string of the molecule is COc1ccc(CNC(=O)CCCCCC(N)=O)cc1. The Hall–Kier alpha value is -2.04. The maximum atomic E-state index is 11.6. The highest BCUT2D eigenvalue weighted by Gasteiger charge is 2.02. The van der Waals surface area contributed by atoms with Crippen molar-refractivity contribution in [2.24, 2.45) is 5.73 Å². The lowest BCUT2D eigenvalue weighted by Gasteiger charge is -2.06. The molecule has 0 saturated carbocycles. The number of hydrogen-bond donors (Lipinski definition) is 2. The van der Waals surface area contributed by atoms with Gasteiger partial charge in [-0.2, -0.15) is 0 Å². The lowest BCUT2D eigenvalue weighted by Crippen LogP contribution is -2.22. The van der Waals surface area contributed by atoms with Gasteiger partial charge in [0.25, 0.3) is 0 Å². The quantitative estimate of drug-likeness (QED) is 0.675. The Morgan fingerprint density at radius 2 is 1.75 bits per heavy atom. The van der Waals surface area contributed by atoms with E-state index in [0.29, 0.717) is 19.4 Å². The number of primary amides is 1. The van der Waals surface area contributed by atoms with E-state index in [1.54, 1.807) is 7.11 Å². The van der Waals surface area contributed by atoms with Gasteiger partial charge >= 0.3 is 0 Å². The number of carbonyl (C=O) groups excluding carboxylic acids is 2. The molecule has 0 unspecified atom stereocenters. The topological polar surface area (TPSA) is 81.4 Å². The van der Waals surface area contributed by atoms with Gasteiger partial charge in [0.2, 0.25) is 11.8 Å². The summed E-state index contributed by atoms with van der Waals surface area (Å²) >= 11 is 0. The smallest absolute Gasteiger partial charge is 0.220 e. The number of nitrogens with two attached hydrogens (primary N) is 1. The number of carbonyl (C=O) groups is 2. The summed E-state index contributed by atoms with van der Waals surface area (Å²) in [5, 5.41) is 2.86. The summed E-state index contributed by atoms with van der Waals surface area (Å²) in [5.74, 6) is 0.545. The van der Waals surface area contributed by atoms with Gasteiger partial charge in [0.1, 0.15) is 5.75 Å². The van der Waals surface area contributed by atoms with E-state index >= 15 is 0 Å². The van der Waals surface area contributed by atoms with Gasteiger partial charge in [0.15, 0.2) is 0 Å². The highest BCUT2D eigenvalue weighted by atomic mass is 16.5. The number of hydrogen-bond acceptors (Lipinski definition) is 3. The van der Waals surface area contributed by atoms with Crippen molar-refractivity contribution >= 4 is 11.8 Å². The Kier molecular flexibility index (Phi) is 7.17. The van der Waals surface area contributed by atoms with Crippen molar-refractivity contribution in [3.05, 3.63) is 29.8 Å². The number of rotatable bonds is 9. The number of benzene rings is 1. The molecule has 1 aromatic rings. The van der Waals surface area contributed by atoms with Crippen molar-refractivity contribution in [1.82, 2.24) is 5.32 Å². The average Bonchev–Trinajstić information content (AvgIpc) is 2.45. The first-order valence-electron chi connectivity index (χ1n) is 6.79. The molecule has 1 rings (SSSR count). The molecule has 20 heavy (non-hydrogen) atoms. The molecule has 0 saturated heterocycles. The summed E-state index contributed by atoms with van der Waals surface area (Å²) in [5.41, 5.74) is 6.08. The molecule has 0 heterocycles. The van der Waals surface area contributed by atoms with Crippen molar-refractivity contribution in [1.29, 1.82) is 0 Å². The molecule has 0 aliphatic carbocycles. The fourth-order valence-corrected chi connectivity index (χ4v) is 1.79. The molecule has 0 bridgehead atoms. The van der Waals surface area contributed by atoms with Crippen molar-refractivity contribution in [2.75, 3.05) is 7.11 Å². The van der Waals surface area contributed by atoms with Gasteiger partial charge in [0, 0.05) is 19.4 Å². The molecule has 5 nitrogen and oxygen atoms in total. The number of nitrogens with one attached hydrogen (secondary N) is 1. The second kappa shape index (κ2) is 8.96. The van der Waals surface area contributed by atoms with E-state index in [4.69, 9.17) is 10.5 Å². The van der Waals surface area contributed by atoms with Gasteiger partial charge in [-0.1, -0.05) is 18.6 Å². The van der Waals surface area contributed by atoms with Crippen LogP contribution in [0.2, 0.25) is 0 Å². The predicted molar refractivity (Wildman–Crippen MR) is 77.1 cm³/mol. The van der Waals surface area contributed by atoms with Crippen LogP contribution in [-0.2, 0) is 16.1 Å². The van der Waals surface area contributed by atoms with Crippen molar-refractivity contribution in [3.63, 3.8) is 0 Å². The van der Waals surface area contributed by atoms with E-state index in [-0.39, 0.29) is 11.8 Å². The van der Waals surface area contributed by atoms with Gasteiger partial charge in [-0.25, -0.2) is 0 Å². The predicted octanol–water partition coefficient (Wildman–Crippen LogP) is 1.75. The van der Waals surface area contributed by atoms with Gasteiger partial charge in [-0.15, -0.1) is 0 Å². The Morgan fingerprint density at radius 1 is 1.10 bits per heavy atom. The fourth-order valence-electron chi connectivity index (χ4n) is 1.79. The van der Waals surface area contributed by atoms with Crippen LogP contribution in [0.3, 0.4) is 0 Å². The second-order valence-corrected chi connectivity index (χ2v) is 4.65. The monoisotopic (exact) mass is 278 g/mol. The van der Waals surface area contributed by atoms with Gasteiger partial charge in [0.05, 0.1) is 7.11 Å². The van der Waals surface area contributed by atoms with Gasteiger partial charge in [-0.3, -0.25) is 9.59 Å². The normalized spacial score (nSPS) is 10.1. The summed E-state index contributed by atoms with van der Waals surface area (Å²) in [6.07, 6.45) is 3.25. The molecule has 0 fully saturated rings. The zero-order chi connectivity index (χ0) is 14.8. The Morgan fingerprint density at radius 3 is 2.35 bits per heavy atom. The molecule has 0 atom stereocenters. The third kappa shape index (κ3) is 6.78. The molecule has 2 amide bonds. The molecular formula is C15H22N2O3. The Balaban J connectivity index is 2.14. The van der Waals surface area contributed by atoms with E-state index in [2.05, 4.69) is 5.32 Å². The maximum absolute atomic E-state index is 11.6. The average molecular weight is 278 g/mol. The summed E-state index contributed by atoms with van der Waals surface area (Å²) < 4.78 is 5.07. The lowest BCUT2D eigenvalue weighted by molar-refractivity contribution is -0.121. The van der Waals surface area contributed by atoms with Crippen LogP contribution >= 0.6 is 0 Å². The van der Waals surface area contributed by atoms with Crippen LogP contribution < -0.4 is 15.8 Å². The molecule has 110 valence electrons. The van der Waals surface area contributed by atoms with E-state index < -0.39 is 0 Å². The molecule has 0 aromatic heterocycles. The van der Waals surface area contributed by atoms with E-state index in [9.17, 15) is 9.59 Å². The minimum atomic E-state index is -0.283. The first kappa shape index (κ1) is 16.0. The maximum Gasteiger partial charge on any atom is 0.220 e. The number of methoxy groups -OCH3 is 1. The van der Waals surface area contributed by atoms with Crippen LogP contribution in [0.25, 0.3) is 0 Å². The van der Waals surface area contributed by atoms with Crippen LogP contribution in [0.1, 0.15) is 37.7 Å². The van der Waals surface area contributed by atoms with Crippen LogP contribution in [0.15, 0.2) is 24.3 Å². The van der Waals surface area contributed by atoms with E-state index in [0.717, 1.165) is 30.6 Å². The molecule has 0 aliphatic heterocycles. The molecule has 3 N–H and O–H groups in total. The Bertz CT molecular complexity index is 429. The zero-order valence-electron chi connectivity index (χ0n) is 11.9. The first-order chi connectivity index (χ1) is 9.61. The highest BCUT2D eigenvalue weighted by Crippen LogP contribution is 2.11. The number of unbranched alkanes of at least 4 members (excludes halogenated alkanes) is 2. The standard InChI is InChI=1S/C15H22N2O3/c1-20-13-9-7-12(8-10-13)11-17-15(19)6-4-2-3-5-14(16)18/h7-10H,2-6,11H2,1H3,(H2,16,18)(H,17,19). The van der Waals surface area contributed by atoms with Gasteiger partial charge in [-0.05, 0) is 30.5 Å². The lowest BCUT2D eigenvalue weighted by atomic mass is 10.1. The van der Waals surface area contributed by atoms with Crippen LogP contribution in [0, 0.1) is 0 Å². The number of amides is 2. The molecule has 5 heteroatoms. The first-order valence-corrected chi connectivity index (χ1v) is 6.79. The minimum absolute atomic E-state index is 0.0277. The third-order valence-electron chi connectivity index (χ3n) is 2.98. The van der Waals surface area contributed by atoms with Gasteiger partial charge < -0.3 is 15.8 Å². The van der Waals surface area contributed by atoms with Crippen LogP contribution in [0.4, 0.5) is 0 Å². The molecule has 1 aromatic carbocycles. The summed E-state index contributed by atoms with van der Waals surface area (Å²) in [6.45, 7) is 0.518. The minimum Gasteiger partial charge on any atom is -0.497 e. The molecule has 0 aliphatic rings. The molecule has 0 radical (unpaired) electrons. The zero-order valence-corrected chi connectivity index (χ0v) is 11.9. The van der Waals surface area contributed by atoms with Crippen molar-refractivity contribution < 1.29 is 14.3 Å². The third-order valence-corrected chi connectivity index (χ3v) is 2.98. The van der Waals surface area contributed by atoms with E-state index in [1.165, 1.54) is 0 Å². The second-order valence-electron chi connectivity index (χ2n) is 4.65. The summed E-state index contributed by atoms with van der Waals surface area (Å²) in [6, 6.07) is 7.58. The summed E-state index contributed by atoms with van der Waals surface area (Å²) in [4.78, 5) is 22.1. The Labute approximate surface area is 119 Å². The van der Waals surface area contributed by atoms with E-state index in [1.807, 2.05) is 24.3 Å². The molecular weight excluding hydrogens is 256 g/mol. The van der Waals surface area contributed by atoms with Crippen molar-refractivity contribution in [2.45, 2.75) is 38.6 Å². The fraction of sp³-hybridized carbons (Fsp3) is 0.467.